The molecule has 4 nitrogen and oxygen atoms in total. The van der Waals surface area contributed by atoms with Gasteiger partial charge in [-0.2, -0.15) is 0 Å². The molecule has 3 rings (SSSR count). The maximum Gasteiger partial charge on any atom is 0.313 e. The second-order valence-corrected chi connectivity index (χ2v) is 6.06. The zero-order valence-electron chi connectivity index (χ0n) is 13.1. The SMILES string of the molecule is CC(C)N1C(=O)c2ccccc2C(C(=O)O)C1c1ccccc1. The third kappa shape index (κ3) is 2.50. The van der Waals surface area contributed by atoms with Gasteiger partial charge in [-0.05, 0) is 31.0 Å². The van der Waals surface area contributed by atoms with Crippen LogP contribution in [-0.2, 0) is 4.79 Å². The molecule has 1 amide bonds. The van der Waals surface area contributed by atoms with Crippen LogP contribution >= 0.6 is 0 Å². The Morgan fingerprint density at radius 2 is 1.65 bits per heavy atom. The van der Waals surface area contributed by atoms with Crippen molar-refractivity contribution in [2.75, 3.05) is 0 Å². The molecule has 0 radical (unpaired) electrons. The average Bonchev–Trinajstić information content (AvgIpc) is 2.54. The molecule has 4 heteroatoms. The molecule has 1 N–H and O–H groups in total. The summed E-state index contributed by atoms with van der Waals surface area (Å²) in [6.07, 6.45) is 0. The number of nitrogens with zero attached hydrogens (tertiary/aromatic N) is 1. The molecule has 0 bridgehead atoms. The molecule has 1 aliphatic rings. The fourth-order valence-corrected chi connectivity index (χ4v) is 3.39. The normalized spacial score (nSPS) is 20.5. The standard InChI is InChI=1S/C19H19NO3/c1-12(2)20-17(13-8-4-3-5-9-13)16(19(22)23)14-10-6-7-11-15(14)18(20)21/h3-12,16-17H,1-2H3,(H,22,23). The van der Waals surface area contributed by atoms with Crippen LogP contribution in [0.5, 0.6) is 0 Å². The third-order valence-corrected chi connectivity index (χ3v) is 4.34. The fraction of sp³-hybridized carbons (Fsp3) is 0.263. The number of carbonyl (C=O) groups is 2. The van der Waals surface area contributed by atoms with Crippen LogP contribution < -0.4 is 0 Å². The molecule has 0 spiro atoms. The summed E-state index contributed by atoms with van der Waals surface area (Å²) in [7, 11) is 0. The molecule has 0 saturated heterocycles. The van der Waals surface area contributed by atoms with Crippen LogP contribution in [0.4, 0.5) is 0 Å². The zero-order valence-corrected chi connectivity index (χ0v) is 13.1. The van der Waals surface area contributed by atoms with Crippen LogP contribution in [0.1, 0.15) is 47.3 Å². The Kier molecular flexibility index (Phi) is 3.90. The second kappa shape index (κ2) is 5.88. The van der Waals surface area contributed by atoms with Crippen LogP contribution in [0, 0.1) is 0 Å². The Labute approximate surface area is 135 Å². The summed E-state index contributed by atoms with van der Waals surface area (Å²) >= 11 is 0. The summed E-state index contributed by atoms with van der Waals surface area (Å²) in [4.78, 5) is 26.7. The monoisotopic (exact) mass is 309 g/mol. The number of benzene rings is 2. The molecule has 0 aromatic heterocycles. The summed E-state index contributed by atoms with van der Waals surface area (Å²) in [6.45, 7) is 3.83. The van der Waals surface area contributed by atoms with Crippen molar-refractivity contribution in [1.29, 1.82) is 0 Å². The number of hydrogen-bond donors (Lipinski definition) is 1. The molecular formula is C19H19NO3. The van der Waals surface area contributed by atoms with E-state index in [9.17, 15) is 14.7 Å². The van der Waals surface area contributed by atoms with Gasteiger partial charge >= 0.3 is 5.97 Å². The number of rotatable bonds is 3. The van der Waals surface area contributed by atoms with Gasteiger partial charge in [0, 0.05) is 11.6 Å². The Morgan fingerprint density at radius 3 is 2.26 bits per heavy atom. The van der Waals surface area contributed by atoms with Crippen molar-refractivity contribution in [3.05, 3.63) is 71.3 Å². The molecule has 2 unspecified atom stereocenters. The molecule has 1 heterocycles. The van der Waals surface area contributed by atoms with Gasteiger partial charge < -0.3 is 10.0 Å². The Hall–Kier alpha value is -2.62. The van der Waals surface area contributed by atoms with Gasteiger partial charge in [-0.1, -0.05) is 48.5 Å². The van der Waals surface area contributed by atoms with Crippen LogP contribution in [-0.4, -0.2) is 27.9 Å². The highest BCUT2D eigenvalue weighted by Gasteiger charge is 2.44. The molecule has 1 aliphatic heterocycles. The van der Waals surface area contributed by atoms with Crippen LogP contribution in [0.2, 0.25) is 0 Å². The summed E-state index contributed by atoms with van der Waals surface area (Å²) in [6, 6.07) is 15.8. The average molecular weight is 309 g/mol. The predicted octanol–water partition coefficient (Wildman–Crippen LogP) is 3.46. The number of carboxylic acids is 1. The minimum absolute atomic E-state index is 0.0945. The number of hydrogen-bond acceptors (Lipinski definition) is 2. The van der Waals surface area contributed by atoms with Crippen molar-refractivity contribution in [3.8, 4) is 0 Å². The highest BCUT2D eigenvalue weighted by molar-refractivity contribution is 6.00. The molecule has 0 aliphatic carbocycles. The van der Waals surface area contributed by atoms with E-state index < -0.39 is 17.9 Å². The lowest BCUT2D eigenvalue weighted by Crippen LogP contribution is -2.48. The van der Waals surface area contributed by atoms with Crippen molar-refractivity contribution in [1.82, 2.24) is 4.90 Å². The lowest BCUT2D eigenvalue weighted by Gasteiger charge is -2.43. The number of carboxylic acid groups (broad SMARTS) is 1. The van der Waals surface area contributed by atoms with Gasteiger partial charge in [0.15, 0.2) is 0 Å². The largest absolute Gasteiger partial charge is 0.481 e. The van der Waals surface area contributed by atoms with E-state index in [-0.39, 0.29) is 11.9 Å². The highest BCUT2D eigenvalue weighted by Crippen LogP contribution is 2.43. The van der Waals surface area contributed by atoms with Crippen molar-refractivity contribution in [2.45, 2.75) is 31.8 Å². The Bertz CT molecular complexity index is 739. The fourth-order valence-electron chi connectivity index (χ4n) is 3.39. The molecule has 2 atom stereocenters. The minimum Gasteiger partial charge on any atom is -0.481 e. The zero-order chi connectivity index (χ0) is 16.6. The van der Waals surface area contributed by atoms with E-state index in [0.29, 0.717) is 11.1 Å². The number of amides is 1. The van der Waals surface area contributed by atoms with Crippen molar-refractivity contribution < 1.29 is 14.7 Å². The van der Waals surface area contributed by atoms with E-state index in [1.54, 1.807) is 29.2 Å². The summed E-state index contributed by atoms with van der Waals surface area (Å²) in [5.41, 5.74) is 1.92. The van der Waals surface area contributed by atoms with Crippen molar-refractivity contribution in [2.24, 2.45) is 0 Å². The van der Waals surface area contributed by atoms with Gasteiger partial charge in [0.25, 0.3) is 5.91 Å². The first-order valence-corrected chi connectivity index (χ1v) is 7.71. The van der Waals surface area contributed by atoms with Crippen LogP contribution in [0.15, 0.2) is 54.6 Å². The third-order valence-electron chi connectivity index (χ3n) is 4.34. The summed E-state index contributed by atoms with van der Waals surface area (Å²) in [5.74, 6) is -1.79. The first-order valence-electron chi connectivity index (χ1n) is 7.71. The topological polar surface area (TPSA) is 57.6 Å². The Balaban J connectivity index is 2.25. The first-order chi connectivity index (χ1) is 11.0. The van der Waals surface area contributed by atoms with Gasteiger partial charge in [-0.15, -0.1) is 0 Å². The van der Waals surface area contributed by atoms with Crippen LogP contribution in [0.3, 0.4) is 0 Å². The maximum absolute atomic E-state index is 12.9. The summed E-state index contributed by atoms with van der Waals surface area (Å²) < 4.78 is 0. The number of carbonyl (C=O) groups excluding carboxylic acids is 1. The quantitative estimate of drug-likeness (QED) is 0.944. The molecule has 0 saturated carbocycles. The van der Waals surface area contributed by atoms with E-state index in [1.165, 1.54) is 0 Å². The maximum atomic E-state index is 12.9. The van der Waals surface area contributed by atoms with Gasteiger partial charge in [-0.25, -0.2) is 0 Å². The van der Waals surface area contributed by atoms with Crippen LogP contribution in [0.25, 0.3) is 0 Å². The highest BCUT2D eigenvalue weighted by atomic mass is 16.4. The summed E-state index contributed by atoms with van der Waals surface area (Å²) in [5, 5.41) is 9.86. The minimum atomic E-state index is -0.913. The van der Waals surface area contributed by atoms with Gasteiger partial charge in [0.2, 0.25) is 0 Å². The molecule has 118 valence electrons. The second-order valence-electron chi connectivity index (χ2n) is 6.06. The van der Waals surface area contributed by atoms with Gasteiger partial charge in [0.05, 0.1) is 6.04 Å². The van der Waals surface area contributed by atoms with Crippen molar-refractivity contribution in [3.63, 3.8) is 0 Å². The Morgan fingerprint density at radius 1 is 1.04 bits per heavy atom. The van der Waals surface area contributed by atoms with E-state index >= 15 is 0 Å². The smallest absolute Gasteiger partial charge is 0.313 e. The van der Waals surface area contributed by atoms with Gasteiger partial charge in [0.1, 0.15) is 5.92 Å². The lowest BCUT2D eigenvalue weighted by atomic mass is 9.79. The van der Waals surface area contributed by atoms with Crippen molar-refractivity contribution >= 4 is 11.9 Å². The van der Waals surface area contributed by atoms with E-state index in [4.69, 9.17) is 0 Å². The lowest BCUT2D eigenvalue weighted by molar-refractivity contribution is -0.140. The number of aliphatic carboxylic acids is 1. The number of fused-ring (bicyclic) bond motifs is 1. The molecule has 0 fully saturated rings. The predicted molar refractivity (Wildman–Crippen MR) is 87.3 cm³/mol. The van der Waals surface area contributed by atoms with Gasteiger partial charge in [-0.3, -0.25) is 9.59 Å². The van der Waals surface area contributed by atoms with E-state index in [2.05, 4.69) is 0 Å². The van der Waals surface area contributed by atoms with E-state index in [0.717, 1.165) is 5.56 Å². The van der Waals surface area contributed by atoms with E-state index in [1.807, 2.05) is 44.2 Å². The molecule has 2 aromatic carbocycles. The molecular weight excluding hydrogens is 290 g/mol. The first kappa shape index (κ1) is 15.3. The molecule has 2 aromatic rings. The molecule has 23 heavy (non-hydrogen) atoms.